The molecule has 1 aliphatic carbocycles. The van der Waals surface area contributed by atoms with Gasteiger partial charge < -0.3 is 20.0 Å². The topological polar surface area (TPSA) is 175 Å². The summed E-state index contributed by atoms with van der Waals surface area (Å²) < 4.78 is 20.2. The number of hydrogen-bond acceptors (Lipinski definition) is 11. The van der Waals surface area contributed by atoms with E-state index in [4.69, 9.17) is 10.1 Å². The number of pyridine rings is 1. The van der Waals surface area contributed by atoms with Gasteiger partial charge in [0.05, 0.1) is 21.3 Å². The van der Waals surface area contributed by atoms with E-state index in [1.54, 1.807) is 6.07 Å². The molecule has 0 radical (unpaired) electrons. The van der Waals surface area contributed by atoms with Crippen LogP contribution >= 0.6 is 11.3 Å². The molecule has 15 nitrogen and oxygen atoms in total. The van der Waals surface area contributed by atoms with Crippen LogP contribution < -0.4 is 25.2 Å². The highest BCUT2D eigenvalue weighted by Crippen LogP contribution is 2.35. The van der Waals surface area contributed by atoms with Gasteiger partial charge in [-0.15, -0.1) is 0 Å². The van der Waals surface area contributed by atoms with Crippen molar-refractivity contribution < 1.29 is 23.4 Å². The first-order valence-corrected chi connectivity index (χ1v) is 28.8. The van der Waals surface area contributed by atoms with Crippen LogP contribution in [0.3, 0.4) is 0 Å². The Morgan fingerprint density at radius 1 is 0.813 bits per heavy atom. The molecule has 3 aromatic heterocycles. The molecule has 3 fully saturated rings. The van der Waals surface area contributed by atoms with E-state index in [-0.39, 0.29) is 35.4 Å². The van der Waals surface area contributed by atoms with Crippen LogP contribution in [0.5, 0.6) is 0 Å². The number of likely N-dealkylation sites (tertiary alicyclic amines) is 1. The fourth-order valence-corrected chi connectivity index (χ4v) is 13.3. The molecule has 0 spiro atoms. The molecule has 10 rings (SSSR count). The smallest absolute Gasteiger partial charge is 0.282 e. The largest absolute Gasteiger partial charge is 0.371 e. The molecule has 1 saturated carbocycles. The van der Waals surface area contributed by atoms with Crippen molar-refractivity contribution in [2.24, 2.45) is 17.3 Å². The molecule has 6 aromatic rings. The van der Waals surface area contributed by atoms with Crippen LogP contribution in [-0.2, 0) is 40.1 Å². The predicted molar refractivity (Wildman–Crippen MR) is 297 cm³/mol. The molecule has 0 bridgehead atoms. The summed E-state index contributed by atoms with van der Waals surface area (Å²) in [4.78, 5) is 72.4. The minimum absolute atomic E-state index is 0.00348. The summed E-state index contributed by atoms with van der Waals surface area (Å²) in [7, 11) is -1.94. The monoisotopic (exact) mass is 1050 g/mol. The number of aryl methyl sites for hydroxylation is 1. The molecule has 3 N–H and O–H groups in total. The normalized spacial score (nSPS) is 18.4. The van der Waals surface area contributed by atoms with Crippen LogP contribution in [0.2, 0.25) is 0 Å². The fraction of sp³-hybridized carbons (Fsp3) is 0.466. The van der Waals surface area contributed by atoms with E-state index in [1.165, 1.54) is 43.4 Å². The number of para-hydroxylation sites is 1. The number of carbonyl (C=O) groups is 4. The number of fused-ring (bicyclic) bond motifs is 2. The maximum Gasteiger partial charge on any atom is 0.282 e. The lowest BCUT2D eigenvalue weighted by Gasteiger charge is -2.37. The number of rotatable bonds is 13. The molecule has 6 heterocycles. The van der Waals surface area contributed by atoms with Gasteiger partial charge in [0.2, 0.25) is 11.8 Å². The minimum atomic E-state index is -1.94. The molecule has 4 amide bonds. The average Bonchev–Trinajstić information content (AvgIpc) is 4.14. The first-order valence-electron chi connectivity index (χ1n) is 26.8. The van der Waals surface area contributed by atoms with Crippen molar-refractivity contribution in [3.05, 3.63) is 113 Å². The van der Waals surface area contributed by atoms with Crippen LogP contribution in [0.25, 0.3) is 21.3 Å². The summed E-state index contributed by atoms with van der Waals surface area (Å²) in [6.45, 7) is 15.9. The third-order valence-electron chi connectivity index (χ3n) is 16.0. The molecule has 3 unspecified atom stereocenters. The van der Waals surface area contributed by atoms with Crippen molar-refractivity contribution in [3.8, 4) is 11.1 Å². The zero-order chi connectivity index (χ0) is 52.5. The van der Waals surface area contributed by atoms with E-state index in [1.807, 2.05) is 111 Å². The van der Waals surface area contributed by atoms with Gasteiger partial charge >= 0.3 is 0 Å². The van der Waals surface area contributed by atoms with E-state index < -0.39 is 28.3 Å². The Kier molecular flexibility index (Phi) is 15.3. The number of anilines is 3. The highest BCUT2D eigenvalue weighted by atomic mass is 32.2. The zero-order valence-electron chi connectivity index (χ0n) is 44.1. The summed E-state index contributed by atoms with van der Waals surface area (Å²) in [5.41, 5.74) is 7.09. The third-order valence-corrected chi connectivity index (χ3v) is 18.2. The Morgan fingerprint density at radius 3 is 2.33 bits per heavy atom. The molecule has 3 aliphatic heterocycles. The molecular formula is C58H70N10O5S2. The Hall–Kier alpha value is -6.46. The Bertz CT molecular complexity index is 3110. The van der Waals surface area contributed by atoms with Gasteiger partial charge in [0.1, 0.15) is 17.6 Å². The van der Waals surface area contributed by atoms with Crippen LogP contribution in [0, 0.1) is 31.1 Å². The van der Waals surface area contributed by atoms with Gasteiger partial charge in [0, 0.05) is 79.3 Å². The van der Waals surface area contributed by atoms with E-state index >= 15 is 0 Å². The van der Waals surface area contributed by atoms with Crippen molar-refractivity contribution in [2.75, 3.05) is 41.3 Å². The van der Waals surface area contributed by atoms with Crippen molar-refractivity contribution in [2.45, 2.75) is 136 Å². The number of nitrogens with zero attached hydrogens (tertiary/aromatic N) is 7. The Balaban J connectivity index is 0.851. The Labute approximate surface area is 446 Å². The summed E-state index contributed by atoms with van der Waals surface area (Å²) in [5.74, 6) is 0.0170. The van der Waals surface area contributed by atoms with Crippen molar-refractivity contribution >= 4 is 72.8 Å². The molecule has 17 heteroatoms. The van der Waals surface area contributed by atoms with Crippen molar-refractivity contribution in [1.29, 1.82) is 0 Å². The highest BCUT2D eigenvalue weighted by Gasteiger charge is 2.40. The van der Waals surface area contributed by atoms with Crippen LogP contribution in [0.1, 0.15) is 129 Å². The lowest BCUT2D eigenvalue weighted by atomic mass is 9.84. The van der Waals surface area contributed by atoms with E-state index in [0.717, 1.165) is 69.8 Å². The van der Waals surface area contributed by atoms with Crippen molar-refractivity contribution in [3.63, 3.8) is 0 Å². The molecule has 4 aliphatic rings. The number of thiazole rings is 1. The second-order valence-electron chi connectivity index (χ2n) is 22.2. The molecule has 394 valence electrons. The van der Waals surface area contributed by atoms with Gasteiger partial charge in [0.25, 0.3) is 11.8 Å². The summed E-state index contributed by atoms with van der Waals surface area (Å²) >= 11 is 1.43. The number of carbonyl (C=O) groups excluding carboxylic acids is 4. The number of benzene rings is 3. The predicted octanol–water partition coefficient (Wildman–Crippen LogP) is 9.78. The summed E-state index contributed by atoms with van der Waals surface area (Å²) in [6, 6.07) is 22.8. The van der Waals surface area contributed by atoms with Crippen LogP contribution in [-0.4, -0.2) is 90.7 Å². The molecule has 75 heavy (non-hydrogen) atoms. The Morgan fingerprint density at radius 2 is 1.60 bits per heavy atom. The lowest BCUT2D eigenvalue weighted by molar-refractivity contribution is -0.141. The van der Waals surface area contributed by atoms with Gasteiger partial charge in [0.15, 0.2) is 16.1 Å². The summed E-state index contributed by atoms with van der Waals surface area (Å²) in [5, 5.41) is 11.6. The number of piperidine rings is 1. The first-order chi connectivity index (χ1) is 36.1. The van der Waals surface area contributed by atoms with Crippen LogP contribution in [0.15, 0.2) is 83.9 Å². The summed E-state index contributed by atoms with van der Waals surface area (Å²) in [6.07, 6.45) is 11.8. The molecular weight excluding hydrogens is 981 g/mol. The number of nitrogens with one attached hydrogen (secondary N) is 3. The molecule has 2 saturated heterocycles. The number of hydrogen-bond donors (Lipinski definition) is 3. The quantitative estimate of drug-likeness (QED) is 0.101. The molecule has 3 aromatic carbocycles. The van der Waals surface area contributed by atoms with E-state index in [2.05, 4.69) is 43.1 Å². The third kappa shape index (κ3) is 11.3. The first kappa shape index (κ1) is 52.0. The zero-order valence-corrected chi connectivity index (χ0v) is 45.7. The van der Waals surface area contributed by atoms with Crippen LogP contribution in [0.4, 0.5) is 16.6 Å². The van der Waals surface area contributed by atoms with Gasteiger partial charge in [-0.1, -0.05) is 75.6 Å². The maximum absolute atomic E-state index is 14.7. The van der Waals surface area contributed by atoms with Gasteiger partial charge in [-0.25, -0.2) is 14.2 Å². The van der Waals surface area contributed by atoms with Gasteiger partial charge in [-0.05, 0) is 142 Å². The number of aromatic nitrogens is 4. The van der Waals surface area contributed by atoms with E-state index in [9.17, 15) is 23.4 Å². The SMILES string of the molecule is Cc1cc(N2CCC(C(=O)NC(C(=O)N3CCCC3C)C(C)(C)C)CC2)ccc1S(=O)NC(=O)c1nc(N2CCc3cccc(C(=O)Nc4nc5ccccc5s4)c3C2)ccc1-c1cnn(CC2CCCCC2)c1C. The number of amides is 4. The van der Waals surface area contributed by atoms with E-state index in [0.29, 0.717) is 78.3 Å². The maximum atomic E-state index is 14.7. The van der Waals surface area contributed by atoms with Gasteiger partial charge in [-0.3, -0.25) is 33.9 Å². The van der Waals surface area contributed by atoms with Gasteiger partial charge in [-0.2, -0.15) is 5.10 Å². The standard InChI is InChI=1S/C58H70N10O5S2/c1-36-32-42(65-29-26-41(27-30-65)53(69)62-52(58(4,5)6)56(72)67-28-13-14-37(67)2)21-23-49(36)75(73)64-55(71)51-43(45-33-59-68(38(45)3)34-39-15-8-7-9-16-39)22-24-50(61-51)66-31-25-40-17-12-18-44(46(40)35-66)54(70)63-57-60-47-19-10-11-20-48(47)74-57/h10-12,17-24,32-33,37,39,41,52H,7-9,13-16,25-31,34-35H2,1-6H3,(H,62,69)(H,64,71)(H,60,63,70). The second-order valence-corrected chi connectivity index (χ2v) is 24.4. The minimum Gasteiger partial charge on any atom is -0.371 e. The highest BCUT2D eigenvalue weighted by molar-refractivity contribution is 7.83. The average molecular weight is 1050 g/mol. The lowest BCUT2D eigenvalue weighted by Crippen LogP contribution is -2.57. The second kappa shape index (κ2) is 22.0. The fourth-order valence-electron chi connectivity index (χ4n) is 11.6. The molecule has 3 atom stereocenters. The van der Waals surface area contributed by atoms with Crippen molar-refractivity contribution in [1.82, 2.24) is 34.7 Å².